The second kappa shape index (κ2) is 4.60. The van der Waals surface area contributed by atoms with Crippen LogP contribution in [-0.2, 0) is 0 Å². The molecule has 4 rings (SSSR count). The average molecular weight is 288 g/mol. The maximum Gasteiger partial charge on any atom is 0.0596 e. The fraction of sp³-hybridized carbons (Fsp3) is 0.900. The number of aliphatic hydroxyl groups excluding tert-OH is 1. The molecule has 0 aromatic carbocycles. The van der Waals surface area contributed by atoms with E-state index in [9.17, 15) is 5.11 Å². The SMILES string of the molecule is CC1=CC[C@@]2(C)[C@H](CC[C@@H]3[C@@H]2CC[C@]2(C)[C@@H](O)CC[C@@H]32)C1. The first-order valence-corrected chi connectivity index (χ1v) is 9.29. The summed E-state index contributed by atoms with van der Waals surface area (Å²) in [6.07, 6.45) is 13.0. The van der Waals surface area contributed by atoms with Gasteiger partial charge in [-0.15, -0.1) is 0 Å². The molecule has 0 aliphatic heterocycles. The Bertz CT molecular complexity index is 466. The van der Waals surface area contributed by atoms with E-state index in [4.69, 9.17) is 0 Å². The Morgan fingerprint density at radius 3 is 2.57 bits per heavy atom. The van der Waals surface area contributed by atoms with Crippen molar-refractivity contribution in [2.45, 2.75) is 78.2 Å². The molecule has 0 aromatic rings. The van der Waals surface area contributed by atoms with E-state index in [-0.39, 0.29) is 11.5 Å². The van der Waals surface area contributed by atoms with Crippen LogP contribution in [0, 0.1) is 34.5 Å². The lowest BCUT2D eigenvalue weighted by Gasteiger charge is -2.59. The predicted molar refractivity (Wildman–Crippen MR) is 86.9 cm³/mol. The number of fused-ring (bicyclic) bond motifs is 5. The minimum atomic E-state index is -0.0255. The van der Waals surface area contributed by atoms with Crippen LogP contribution in [0.5, 0.6) is 0 Å². The molecular weight excluding hydrogens is 256 g/mol. The van der Waals surface area contributed by atoms with E-state index in [1.165, 1.54) is 44.9 Å². The first-order chi connectivity index (χ1) is 9.95. The molecule has 4 aliphatic rings. The Morgan fingerprint density at radius 1 is 1.00 bits per heavy atom. The van der Waals surface area contributed by atoms with E-state index in [2.05, 4.69) is 26.8 Å². The van der Waals surface area contributed by atoms with E-state index in [0.717, 1.165) is 30.1 Å². The Morgan fingerprint density at radius 2 is 1.76 bits per heavy atom. The van der Waals surface area contributed by atoms with E-state index in [1.807, 2.05) is 0 Å². The van der Waals surface area contributed by atoms with Gasteiger partial charge in [-0.3, -0.25) is 0 Å². The monoisotopic (exact) mass is 288 g/mol. The molecule has 0 spiro atoms. The highest BCUT2D eigenvalue weighted by Gasteiger charge is 2.59. The van der Waals surface area contributed by atoms with Crippen LogP contribution in [-0.4, -0.2) is 11.2 Å². The summed E-state index contributed by atoms with van der Waals surface area (Å²) < 4.78 is 0. The number of hydrogen-bond donors (Lipinski definition) is 1. The lowest BCUT2D eigenvalue weighted by molar-refractivity contribution is -0.109. The maximum absolute atomic E-state index is 10.5. The fourth-order valence-corrected chi connectivity index (χ4v) is 7.03. The van der Waals surface area contributed by atoms with Gasteiger partial charge in [0.05, 0.1) is 6.10 Å². The van der Waals surface area contributed by atoms with E-state index < -0.39 is 0 Å². The van der Waals surface area contributed by atoms with Gasteiger partial charge in [-0.05, 0) is 92.8 Å². The average Bonchev–Trinajstić information content (AvgIpc) is 2.76. The lowest BCUT2D eigenvalue weighted by Crippen LogP contribution is -2.53. The van der Waals surface area contributed by atoms with Crippen molar-refractivity contribution in [3.63, 3.8) is 0 Å². The Hall–Kier alpha value is -0.300. The molecule has 0 bridgehead atoms. The van der Waals surface area contributed by atoms with Crippen molar-refractivity contribution in [3.05, 3.63) is 11.6 Å². The van der Waals surface area contributed by atoms with Crippen molar-refractivity contribution in [1.82, 2.24) is 0 Å². The van der Waals surface area contributed by atoms with Gasteiger partial charge in [0.15, 0.2) is 0 Å². The number of rotatable bonds is 0. The molecule has 0 heterocycles. The molecule has 3 fully saturated rings. The zero-order valence-electron chi connectivity index (χ0n) is 14.1. The van der Waals surface area contributed by atoms with Gasteiger partial charge in [-0.2, -0.15) is 0 Å². The van der Waals surface area contributed by atoms with Crippen LogP contribution in [0.2, 0.25) is 0 Å². The summed E-state index contributed by atoms with van der Waals surface area (Å²) in [6, 6.07) is 0. The van der Waals surface area contributed by atoms with Gasteiger partial charge in [0.2, 0.25) is 0 Å². The highest BCUT2D eigenvalue weighted by Crippen LogP contribution is 2.65. The number of allylic oxidation sites excluding steroid dienone is 2. The molecule has 21 heavy (non-hydrogen) atoms. The van der Waals surface area contributed by atoms with Gasteiger partial charge >= 0.3 is 0 Å². The molecule has 0 aromatic heterocycles. The highest BCUT2D eigenvalue weighted by molar-refractivity contribution is 5.15. The summed E-state index contributed by atoms with van der Waals surface area (Å²) in [4.78, 5) is 0. The summed E-state index contributed by atoms with van der Waals surface area (Å²) in [7, 11) is 0. The standard InChI is InChI=1S/C20H32O/c1-13-8-10-19(2)14(12-13)4-5-15-16-6-7-18(21)20(16,3)11-9-17(15)19/h8,14-18,21H,4-7,9-12H2,1-3H3/t14-,15+,16+,17+,18+,19+,20+/m1/s1. The molecule has 7 atom stereocenters. The smallest absolute Gasteiger partial charge is 0.0596 e. The molecule has 1 heteroatoms. The van der Waals surface area contributed by atoms with Gasteiger partial charge < -0.3 is 5.11 Å². The Balaban J connectivity index is 1.65. The fourth-order valence-electron chi connectivity index (χ4n) is 7.03. The van der Waals surface area contributed by atoms with Gasteiger partial charge in [0.1, 0.15) is 0 Å². The highest BCUT2D eigenvalue weighted by atomic mass is 16.3. The third-order valence-corrected chi connectivity index (χ3v) is 8.47. The summed E-state index contributed by atoms with van der Waals surface area (Å²) in [5, 5.41) is 10.5. The Labute approximate surface area is 130 Å². The van der Waals surface area contributed by atoms with Crippen LogP contribution < -0.4 is 0 Å². The number of hydrogen-bond acceptors (Lipinski definition) is 1. The van der Waals surface area contributed by atoms with Crippen molar-refractivity contribution in [3.8, 4) is 0 Å². The lowest BCUT2D eigenvalue weighted by atomic mass is 9.45. The molecular formula is C20H32O. The molecule has 1 N–H and O–H groups in total. The van der Waals surface area contributed by atoms with Crippen molar-refractivity contribution < 1.29 is 5.11 Å². The van der Waals surface area contributed by atoms with Gasteiger partial charge in [-0.25, -0.2) is 0 Å². The summed E-state index contributed by atoms with van der Waals surface area (Å²) in [5.74, 6) is 3.55. The molecule has 0 saturated heterocycles. The molecule has 0 radical (unpaired) electrons. The minimum absolute atomic E-state index is 0.0255. The Kier molecular flexibility index (Phi) is 3.13. The van der Waals surface area contributed by atoms with E-state index >= 15 is 0 Å². The van der Waals surface area contributed by atoms with Gasteiger partial charge in [0.25, 0.3) is 0 Å². The second-order valence-electron chi connectivity index (χ2n) is 9.25. The molecule has 4 aliphatic carbocycles. The number of aliphatic hydroxyl groups is 1. The summed E-state index contributed by atoms with van der Waals surface area (Å²) >= 11 is 0. The zero-order chi connectivity index (χ0) is 14.8. The molecule has 1 nitrogen and oxygen atoms in total. The zero-order valence-corrected chi connectivity index (χ0v) is 14.1. The predicted octanol–water partition coefficient (Wildman–Crippen LogP) is 4.95. The summed E-state index contributed by atoms with van der Waals surface area (Å²) in [5.41, 5.74) is 2.43. The normalized spacial score (nSPS) is 56.2. The van der Waals surface area contributed by atoms with Gasteiger partial charge in [0, 0.05) is 0 Å². The first-order valence-electron chi connectivity index (χ1n) is 9.29. The molecule has 118 valence electrons. The van der Waals surface area contributed by atoms with Crippen molar-refractivity contribution in [1.29, 1.82) is 0 Å². The quantitative estimate of drug-likeness (QED) is 0.626. The minimum Gasteiger partial charge on any atom is -0.393 e. The van der Waals surface area contributed by atoms with Crippen LogP contribution in [0.3, 0.4) is 0 Å². The van der Waals surface area contributed by atoms with Crippen molar-refractivity contribution >= 4 is 0 Å². The summed E-state index contributed by atoms with van der Waals surface area (Å²) in [6.45, 7) is 7.33. The molecule has 0 unspecified atom stereocenters. The van der Waals surface area contributed by atoms with Crippen LogP contribution >= 0.6 is 0 Å². The van der Waals surface area contributed by atoms with Crippen molar-refractivity contribution in [2.75, 3.05) is 0 Å². The third kappa shape index (κ3) is 1.85. The van der Waals surface area contributed by atoms with Crippen LogP contribution in [0.1, 0.15) is 72.1 Å². The maximum atomic E-state index is 10.5. The molecule has 0 amide bonds. The van der Waals surface area contributed by atoms with E-state index in [0.29, 0.717) is 5.41 Å². The van der Waals surface area contributed by atoms with Crippen molar-refractivity contribution in [2.24, 2.45) is 34.5 Å². The van der Waals surface area contributed by atoms with E-state index in [1.54, 1.807) is 5.57 Å². The van der Waals surface area contributed by atoms with Crippen LogP contribution in [0.25, 0.3) is 0 Å². The molecule has 3 saturated carbocycles. The van der Waals surface area contributed by atoms with Gasteiger partial charge in [-0.1, -0.05) is 25.5 Å². The topological polar surface area (TPSA) is 20.2 Å². The third-order valence-electron chi connectivity index (χ3n) is 8.47. The van der Waals surface area contributed by atoms with Crippen LogP contribution in [0.15, 0.2) is 11.6 Å². The second-order valence-corrected chi connectivity index (χ2v) is 9.25. The first kappa shape index (κ1) is 14.3. The largest absolute Gasteiger partial charge is 0.393 e. The van der Waals surface area contributed by atoms with Crippen LogP contribution in [0.4, 0.5) is 0 Å².